The second kappa shape index (κ2) is 7.51. The number of carbonyl (C=O) groups is 1. The summed E-state index contributed by atoms with van der Waals surface area (Å²) in [6, 6.07) is 17.7. The fourth-order valence-corrected chi connectivity index (χ4v) is 3.60. The topological polar surface area (TPSA) is 59.8 Å². The van der Waals surface area contributed by atoms with Crippen LogP contribution in [0, 0.1) is 0 Å². The third kappa shape index (κ3) is 3.76. The van der Waals surface area contributed by atoms with Crippen molar-refractivity contribution in [1.29, 1.82) is 0 Å². The molecule has 0 radical (unpaired) electrons. The summed E-state index contributed by atoms with van der Waals surface area (Å²) in [5, 5.41) is 12.9. The number of nitrogens with one attached hydrogen (secondary N) is 1. The summed E-state index contributed by atoms with van der Waals surface area (Å²) >= 11 is 7.74. The van der Waals surface area contributed by atoms with E-state index in [-0.39, 0.29) is 5.91 Å². The Kier molecular flexibility index (Phi) is 4.95. The Hall–Kier alpha value is -2.31. The van der Waals surface area contributed by atoms with E-state index in [4.69, 9.17) is 11.6 Å². The first-order chi connectivity index (χ1) is 12.7. The first-order valence-electron chi connectivity index (χ1n) is 8.40. The van der Waals surface area contributed by atoms with Crippen molar-refractivity contribution in [2.75, 3.05) is 5.75 Å². The molecule has 0 atom stereocenters. The molecule has 0 saturated heterocycles. The van der Waals surface area contributed by atoms with Gasteiger partial charge in [-0.1, -0.05) is 53.7 Å². The van der Waals surface area contributed by atoms with Gasteiger partial charge in [0.2, 0.25) is 5.91 Å². The number of hydrogen-bond donors (Lipinski definition) is 1. The van der Waals surface area contributed by atoms with Crippen molar-refractivity contribution in [1.82, 2.24) is 20.1 Å². The first-order valence-corrected chi connectivity index (χ1v) is 9.76. The van der Waals surface area contributed by atoms with Gasteiger partial charge in [0.1, 0.15) is 0 Å². The fourth-order valence-electron chi connectivity index (χ4n) is 2.62. The summed E-state index contributed by atoms with van der Waals surface area (Å²) in [5.74, 6) is 0.996. The van der Waals surface area contributed by atoms with Gasteiger partial charge in [-0.05, 0) is 37.1 Å². The highest BCUT2D eigenvalue weighted by molar-refractivity contribution is 7.99. The number of rotatable bonds is 6. The minimum Gasteiger partial charge on any atom is -0.353 e. The predicted octanol–water partition coefficient (Wildman–Crippen LogP) is 3.96. The Balaban J connectivity index is 1.68. The number of benzene rings is 2. The highest BCUT2D eigenvalue weighted by Gasteiger charge is 2.24. The van der Waals surface area contributed by atoms with Crippen LogP contribution in [0.1, 0.15) is 12.8 Å². The normalized spacial score (nSPS) is 13.6. The lowest BCUT2D eigenvalue weighted by molar-refractivity contribution is -0.118. The van der Waals surface area contributed by atoms with Crippen molar-refractivity contribution in [2.24, 2.45) is 0 Å². The van der Waals surface area contributed by atoms with E-state index in [1.807, 2.05) is 59.2 Å². The predicted molar refractivity (Wildman–Crippen MR) is 104 cm³/mol. The third-order valence-corrected chi connectivity index (χ3v) is 5.30. The number of amides is 1. The Morgan fingerprint density at radius 2 is 1.85 bits per heavy atom. The lowest BCUT2D eigenvalue weighted by Gasteiger charge is -2.11. The summed E-state index contributed by atoms with van der Waals surface area (Å²) in [6.45, 7) is 0. The quantitative estimate of drug-likeness (QED) is 0.653. The van der Waals surface area contributed by atoms with Gasteiger partial charge in [-0.2, -0.15) is 0 Å². The highest BCUT2D eigenvalue weighted by Crippen LogP contribution is 2.31. The van der Waals surface area contributed by atoms with Crippen molar-refractivity contribution in [2.45, 2.75) is 24.0 Å². The van der Waals surface area contributed by atoms with Crippen LogP contribution in [-0.2, 0) is 4.79 Å². The average Bonchev–Trinajstić information content (AvgIpc) is 3.37. The van der Waals surface area contributed by atoms with Gasteiger partial charge in [-0.3, -0.25) is 9.36 Å². The second-order valence-electron chi connectivity index (χ2n) is 6.09. The number of hydrogen-bond acceptors (Lipinski definition) is 4. The van der Waals surface area contributed by atoms with Crippen molar-refractivity contribution in [3.63, 3.8) is 0 Å². The van der Waals surface area contributed by atoms with Gasteiger partial charge in [-0.15, -0.1) is 10.2 Å². The van der Waals surface area contributed by atoms with Crippen LogP contribution in [0.25, 0.3) is 17.1 Å². The van der Waals surface area contributed by atoms with E-state index in [1.165, 1.54) is 11.8 Å². The molecule has 3 aromatic rings. The molecule has 132 valence electrons. The molecule has 1 N–H and O–H groups in total. The van der Waals surface area contributed by atoms with Gasteiger partial charge in [0.15, 0.2) is 11.0 Å². The monoisotopic (exact) mass is 384 g/mol. The number of para-hydroxylation sites is 1. The van der Waals surface area contributed by atoms with Crippen molar-refractivity contribution >= 4 is 29.3 Å². The van der Waals surface area contributed by atoms with E-state index in [1.54, 1.807) is 0 Å². The Labute approximate surface area is 160 Å². The lowest BCUT2D eigenvalue weighted by atomic mass is 10.2. The highest BCUT2D eigenvalue weighted by atomic mass is 35.5. The molecule has 1 fully saturated rings. The molecule has 7 heteroatoms. The smallest absolute Gasteiger partial charge is 0.230 e. The average molecular weight is 385 g/mol. The van der Waals surface area contributed by atoms with Gasteiger partial charge < -0.3 is 5.32 Å². The molecule has 1 aliphatic carbocycles. The van der Waals surface area contributed by atoms with E-state index in [2.05, 4.69) is 15.5 Å². The number of nitrogens with zero attached hydrogens (tertiary/aromatic N) is 3. The standard InChI is InChI=1S/C19H17ClN4OS/c20-16-9-5-4-8-15(16)18-22-23-19(24(18)14-6-2-1-3-7-14)26-12-17(25)21-13-10-11-13/h1-9,13H,10-12H2,(H,21,25). The molecular weight excluding hydrogens is 368 g/mol. The zero-order valence-corrected chi connectivity index (χ0v) is 15.5. The van der Waals surface area contributed by atoms with E-state index >= 15 is 0 Å². The molecule has 2 aromatic carbocycles. The number of thioether (sulfide) groups is 1. The molecular formula is C19H17ClN4OS. The van der Waals surface area contributed by atoms with Crippen LogP contribution in [0.4, 0.5) is 0 Å². The fraction of sp³-hybridized carbons (Fsp3) is 0.211. The molecule has 26 heavy (non-hydrogen) atoms. The minimum absolute atomic E-state index is 0.0272. The summed E-state index contributed by atoms with van der Waals surface area (Å²) in [7, 11) is 0. The summed E-state index contributed by atoms with van der Waals surface area (Å²) in [4.78, 5) is 12.0. The van der Waals surface area contributed by atoms with Crippen molar-refractivity contribution in [3.8, 4) is 17.1 Å². The number of aromatic nitrogens is 3. The molecule has 0 bridgehead atoms. The van der Waals surface area contributed by atoms with Gasteiger partial charge in [-0.25, -0.2) is 0 Å². The van der Waals surface area contributed by atoms with Crippen LogP contribution in [0.15, 0.2) is 59.8 Å². The maximum atomic E-state index is 12.0. The number of halogens is 1. The second-order valence-corrected chi connectivity index (χ2v) is 7.44. The minimum atomic E-state index is 0.0272. The van der Waals surface area contributed by atoms with Crippen LogP contribution < -0.4 is 5.32 Å². The van der Waals surface area contributed by atoms with Gasteiger partial charge >= 0.3 is 0 Å². The van der Waals surface area contributed by atoms with Crippen LogP contribution in [0.2, 0.25) is 5.02 Å². The summed E-state index contributed by atoms with van der Waals surface area (Å²) in [5.41, 5.74) is 1.73. The van der Waals surface area contributed by atoms with E-state index in [9.17, 15) is 4.79 Å². The van der Waals surface area contributed by atoms with Gasteiger partial charge in [0, 0.05) is 17.3 Å². The van der Waals surface area contributed by atoms with Crippen LogP contribution in [0.5, 0.6) is 0 Å². The Morgan fingerprint density at radius 1 is 1.12 bits per heavy atom. The molecule has 5 nitrogen and oxygen atoms in total. The molecule has 1 heterocycles. The molecule has 0 spiro atoms. The molecule has 1 aliphatic rings. The zero-order valence-electron chi connectivity index (χ0n) is 13.9. The molecule has 0 unspecified atom stereocenters. The maximum Gasteiger partial charge on any atom is 0.230 e. The maximum absolute atomic E-state index is 12.0. The third-order valence-electron chi connectivity index (χ3n) is 4.04. The van der Waals surface area contributed by atoms with Crippen molar-refractivity contribution < 1.29 is 4.79 Å². The van der Waals surface area contributed by atoms with Gasteiger partial charge in [0.25, 0.3) is 0 Å². The van der Waals surface area contributed by atoms with Crippen LogP contribution in [-0.4, -0.2) is 32.5 Å². The molecule has 1 amide bonds. The van der Waals surface area contributed by atoms with E-state index in [0.29, 0.717) is 27.8 Å². The first kappa shape index (κ1) is 17.1. The SMILES string of the molecule is O=C(CSc1nnc(-c2ccccc2Cl)n1-c1ccccc1)NC1CC1. The molecule has 4 rings (SSSR count). The van der Waals surface area contributed by atoms with E-state index < -0.39 is 0 Å². The lowest BCUT2D eigenvalue weighted by Crippen LogP contribution is -2.27. The van der Waals surface area contributed by atoms with Gasteiger partial charge in [0.05, 0.1) is 10.8 Å². The summed E-state index contributed by atoms with van der Waals surface area (Å²) in [6.07, 6.45) is 2.15. The Bertz CT molecular complexity index is 924. The van der Waals surface area contributed by atoms with Crippen LogP contribution >= 0.6 is 23.4 Å². The zero-order chi connectivity index (χ0) is 17.9. The van der Waals surface area contributed by atoms with E-state index in [0.717, 1.165) is 24.1 Å². The Morgan fingerprint density at radius 3 is 2.58 bits per heavy atom. The largest absolute Gasteiger partial charge is 0.353 e. The molecule has 1 saturated carbocycles. The molecule has 1 aromatic heterocycles. The molecule has 0 aliphatic heterocycles. The summed E-state index contributed by atoms with van der Waals surface area (Å²) < 4.78 is 1.94. The van der Waals surface area contributed by atoms with Crippen molar-refractivity contribution in [3.05, 3.63) is 59.6 Å². The number of carbonyl (C=O) groups excluding carboxylic acids is 1. The van der Waals surface area contributed by atoms with Crippen LogP contribution in [0.3, 0.4) is 0 Å².